The third-order valence-corrected chi connectivity index (χ3v) is 10.6. The summed E-state index contributed by atoms with van der Waals surface area (Å²) in [4.78, 5) is 50.7. The predicted molar refractivity (Wildman–Crippen MR) is 191 cm³/mol. The number of fused-ring (bicyclic) bond motifs is 1. The third kappa shape index (κ3) is 7.08. The molecule has 1 fully saturated rings. The number of aromatic nitrogens is 2. The van der Waals surface area contributed by atoms with E-state index in [0.717, 1.165) is 41.0 Å². The summed E-state index contributed by atoms with van der Waals surface area (Å²) in [7, 11) is 5.35. The highest BCUT2D eigenvalue weighted by Crippen LogP contribution is 2.32. The maximum absolute atomic E-state index is 13.5. The van der Waals surface area contributed by atoms with Crippen molar-refractivity contribution in [2.75, 3.05) is 51.0 Å². The summed E-state index contributed by atoms with van der Waals surface area (Å²) in [5.41, 5.74) is 5.60. The highest BCUT2D eigenvalue weighted by atomic mass is 32.1. The summed E-state index contributed by atoms with van der Waals surface area (Å²) >= 11 is 1.59. The van der Waals surface area contributed by atoms with E-state index in [-0.39, 0.29) is 35.2 Å². The highest BCUT2D eigenvalue weighted by molar-refractivity contribution is 7.14. The SMILES string of the molecule is COCC(C)CN1CCN(C)[C@H](c2ccc(Nc3nc(-c4cccc(NC(=O)c5cc6c(s5)CCCC6)c4C)cn(C)c3=O)cc2)C1=O. The van der Waals surface area contributed by atoms with Crippen LogP contribution in [0.15, 0.2) is 59.5 Å². The van der Waals surface area contributed by atoms with Gasteiger partial charge in [0.15, 0.2) is 5.82 Å². The molecule has 11 heteroatoms. The Morgan fingerprint density at radius 2 is 1.85 bits per heavy atom. The second-order valence-electron chi connectivity index (χ2n) is 13.1. The van der Waals surface area contributed by atoms with Crippen LogP contribution < -0.4 is 16.2 Å². The van der Waals surface area contributed by atoms with Gasteiger partial charge in [-0.3, -0.25) is 19.3 Å². The number of nitrogens with one attached hydrogen (secondary N) is 2. The number of thiophene rings is 1. The molecule has 0 spiro atoms. The van der Waals surface area contributed by atoms with E-state index in [2.05, 4.69) is 22.5 Å². The van der Waals surface area contributed by atoms with E-state index < -0.39 is 0 Å². The molecule has 48 heavy (non-hydrogen) atoms. The third-order valence-electron chi connectivity index (χ3n) is 9.33. The molecule has 2 aromatic carbocycles. The molecule has 10 nitrogen and oxygen atoms in total. The second kappa shape index (κ2) is 14.4. The van der Waals surface area contributed by atoms with E-state index in [4.69, 9.17) is 9.72 Å². The monoisotopic (exact) mass is 668 g/mol. The first-order valence-corrected chi connectivity index (χ1v) is 17.4. The molecule has 252 valence electrons. The fraction of sp³-hybridized carbons (Fsp3) is 0.405. The van der Waals surface area contributed by atoms with Crippen molar-refractivity contribution in [1.82, 2.24) is 19.4 Å². The van der Waals surface area contributed by atoms with E-state index in [9.17, 15) is 14.4 Å². The van der Waals surface area contributed by atoms with Gasteiger partial charge in [0.2, 0.25) is 5.91 Å². The minimum atomic E-state index is -0.377. The van der Waals surface area contributed by atoms with Crippen molar-refractivity contribution in [3.05, 3.63) is 91.5 Å². The van der Waals surface area contributed by atoms with Crippen LogP contribution in [0.3, 0.4) is 0 Å². The lowest BCUT2D eigenvalue weighted by atomic mass is 9.99. The molecule has 1 aliphatic heterocycles. The van der Waals surface area contributed by atoms with Gasteiger partial charge in [-0.15, -0.1) is 11.3 Å². The number of methoxy groups -OCH3 is 1. The van der Waals surface area contributed by atoms with Crippen LogP contribution in [0.25, 0.3) is 11.3 Å². The van der Waals surface area contributed by atoms with Gasteiger partial charge in [0.1, 0.15) is 6.04 Å². The Morgan fingerprint density at radius 1 is 1.08 bits per heavy atom. The van der Waals surface area contributed by atoms with Crippen LogP contribution in [-0.2, 0) is 29.4 Å². The molecule has 3 heterocycles. The van der Waals surface area contributed by atoms with E-state index in [0.29, 0.717) is 36.8 Å². The Kier molecular flexibility index (Phi) is 10.1. The Morgan fingerprint density at radius 3 is 2.60 bits per heavy atom. The van der Waals surface area contributed by atoms with E-state index >= 15 is 0 Å². The van der Waals surface area contributed by atoms with Crippen molar-refractivity contribution in [3.63, 3.8) is 0 Å². The van der Waals surface area contributed by atoms with Gasteiger partial charge in [-0.1, -0.05) is 31.2 Å². The molecule has 6 rings (SSSR count). The Bertz CT molecular complexity index is 1840. The summed E-state index contributed by atoms with van der Waals surface area (Å²) in [6, 6.07) is 15.0. The van der Waals surface area contributed by atoms with Crippen molar-refractivity contribution in [2.24, 2.45) is 13.0 Å². The molecule has 1 unspecified atom stereocenters. The Balaban J connectivity index is 1.19. The van der Waals surface area contributed by atoms with Crippen molar-refractivity contribution >= 4 is 40.3 Å². The number of ether oxygens (including phenoxy) is 1. The standard InChI is InChI=1S/C37H44N6O4S/c1-23(22-47-5)20-43-18-17-41(3)33(36(43)45)25-13-15-27(16-14-25)38-34-37(46)42(4)21-30(39-34)28-10-8-11-29(24(28)2)40-35(44)32-19-26-9-6-7-12-31(26)48-32/h8,10-11,13-16,19,21,23,33H,6-7,9,12,17-18,20,22H2,1-5H3,(H,38,39)(H,40,44)/t23?,33-/m1/s1. The molecule has 0 radical (unpaired) electrons. The second-order valence-corrected chi connectivity index (χ2v) is 14.2. The van der Waals surface area contributed by atoms with Gasteiger partial charge in [0, 0.05) is 61.8 Å². The highest BCUT2D eigenvalue weighted by Gasteiger charge is 2.34. The Labute approximate surface area is 285 Å². The molecular formula is C37H44N6O4S. The number of piperazine rings is 1. The number of aryl methyl sites for hydroxylation is 3. The van der Waals surface area contributed by atoms with Crippen LogP contribution in [0.2, 0.25) is 0 Å². The first kappa shape index (κ1) is 33.6. The maximum Gasteiger partial charge on any atom is 0.293 e. The quantitative estimate of drug-likeness (QED) is 0.220. The average molecular weight is 669 g/mol. The normalized spacial score (nSPS) is 17.2. The van der Waals surface area contributed by atoms with E-state index in [1.807, 2.05) is 67.4 Å². The van der Waals surface area contributed by atoms with E-state index in [1.165, 1.54) is 27.8 Å². The summed E-state index contributed by atoms with van der Waals surface area (Å²) in [6.07, 6.45) is 6.15. The zero-order valence-electron chi connectivity index (χ0n) is 28.3. The lowest BCUT2D eigenvalue weighted by Gasteiger charge is -2.39. The number of benzene rings is 2. The molecule has 2 aromatic heterocycles. The van der Waals surface area contributed by atoms with Gasteiger partial charge in [0.05, 0.1) is 17.2 Å². The van der Waals surface area contributed by atoms with Gasteiger partial charge in [-0.2, -0.15) is 0 Å². The molecule has 0 saturated carbocycles. The van der Waals surface area contributed by atoms with Gasteiger partial charge in [-0.25, -0.2) is 4.98 Å². The van der Waals surface area contributed by atoms with Crippen LogP contribution >= 0.6 is 11.3 Å². The molecule has 4 aromatic rings. The summed E-state index contributed by atoms with van der Waals surface area (Å²) in [5, 5.41) is 6.31. The molecule has 2 N–H and O–H groups in total. The number of carbonyl (C=O) groups excluding carboxylic acids is 2. The lowest BCUT2D eigenvalue weighted by molar-refractivity contribution is -0.142. The molecule has 0 bridgehead atoms. The fourth-order valence-electron chi connectivity index (χ4n) is 6.71. The number of hydrogen-bond donors (Lipinski definition) is 2. The molecule has 2 aliphatic rings. The van der Waals surface area contributed by atoms with Gasteiger partial charge >= 0.3 is 0 Å². The predicted octanol–water partition coefficient (Wildman–Crippen LogP) is 5.79. The zero-order valence-corrected chi connectivity index (χ0v) is 29.2. The van der Waals surface area contributed by atoms with Gasteiger partial charge in [0.25, 0.3) is 11.5 Å². The molecule has 2 amide bonds. The molecule has 1 saturated heterocycles. The van der Waals surface area contributed by atoms with Crippen molar-refractivity contribution in [3.8, 4) is 11.3 Å². The van der Waals surface area contributed by atoms with Crippen LogP contribution in [0.5, 0.6) is 0 Å². The molecule has 2 atom stereocenters. The zero-order chi connectivity index (χ0) is 33.9. The lowest BCUT2D eigenvalue weighted by Crippen LogP contribution is -2.52. The van der Waals surface area contributed by atoms with Crippen LogP contribution in [0.1, 0.15) is 57.0 Å². The van der Waals surface area contributed by atoms with Crippen molar-refractivity contribution < 1.29 is 14.3 Å². The fourth-order valence-corrected chi connectivity index (χ4v) is 7.86. The summed E-state index contributed by atoms with van der Waals surface area (Å²) < 4.78 is 6.78. The van der Waals surface area contributed by atoms with Crippen LogP contribution in [0, 0.1) is 12.8 Å². The average Bonchev–Trinajstić information content (AvgIpc) is 3.51. The summed E-state index contributed by atoms with van der Waals surface area (Å²) in [5.74, 6) is 0.411. The van der Waals surface area contributed by atoms with E-state index in [1.54, 1.807) is 31.7 Å². The van der Waals surface area contributed by atoms with Gasteiger partial charge in [-0.05, 0) is 86.5 Å². The number of rotatable bonds is 10. The van der Waals surface area contributed by atoms with Crippen LogP contribution in [-0.4, -0.2) is 71.6 Å². The number of carbonyl (C=O) groups is 2. The largest absolute Gasteiger partial charge is 0.384 e. The first-order chi connectivity index (χ1) is 23.1. The Hall–Kier alpha value is -4.32. The maximum atomic E-state index is 13.5. The number of likely N-dealkylation sites (N-methyl/N-ethyl adjacent to an activating group) is 1. The topological polar surface area (TPSA) is 109 Å². The van der Waals surface area contributed by atoms with Crippen molar-refractivity contribution in [1.29, 1.82) is 0 Å². The number of hydrogen-bond acceptors (Lipinski definition) is 8. The molecular weight excluding hydrogens is 625 g/mol. The minimum absolute atomic E-state index is 0.0824. The smallest absolute Gasteiger partial charge is 0.293 e. The van der Waals surface area contributed by atoms with Gasteiger partial charge < -0.3 is 24.8 Å². The minimum Gasteiger partial charge on any atom is -0.384 e. The van der Waals surface area contributed by atoms with Crippen molar-refractivity contribution in [2.45, 2.75) is 45.6 Å². The van der Waals surface area contributed by atoms with Crippen LogP contribution in [0.4, 0.5) is 17.2 Å². The number of nitrogens with zero attached hydrogens (tertiary/aromatic N) is 4. The molecule has 1 aliphatic carbocycles. The number of anilines is 3. The first-order valence-electron chi connectivity index (χ1n) is 16.6. The summed E-state index contributed by atoms with van der Waals surface area (Å²) in [6.45, 7) is 6.78. The number of amides is 2.